The number of ether oxygens (including phenoxy) is 1. The molecular weight excluding hydrogens is 356 g/mol. The number of nitriles is 1. The molecule has 2 rings (SSSR count). The van der Waals surface area contributed by atoms with Crippen LogP contribution in [0.5, 0.6) is 0 Å². The van der Waals surface area contributed by atoms with E-state index in [1.165, 1.54) is 13.2 Å². The van der Waals surface area contributed by atoms with Gasteiger partial charge in [-0.2, -0.15) is 5.26 Å². The van der Waals surface area contributed by atoms with Gasteiger partial charge in [-0.25, -0.2) is 4.98 Å². The monoisotopic (exact) mass is 372 g/mol. The molecule has 1 aromatic carbocycles. The molecule has 1 aromatic heterocycles. The number of carbonyl (C=O) groups is 2. The van der Waals surface area contributed by atoms with Crippen LogP contribution in [0, 0.1) is 11.3 Å². The maximum absolute atomic E-state index is 12.3. The topological polar surface area (TPSA) is 125 Å². The Labute approximate surface area is 153 Å². The number of thioether (sulfide) groups is 1. The second-order valence-electron chi connectivity index (χ2n) is 5.20. The highest BCUT2D eigenvalue weighted by atomic mass is 32.2. The normalized spacial score (nSPS) is 11.3. The number of hydrogen-bond donors (Lipinski definition) is 2. The van der Waals surface area contributed by atoms with E-state index in [4.69, 9.17) is 5.26 Å². The van der Waals surface area contributed by atoms with E-state index in [2.05, 4.69) is 20.0 Å². The van der Waals surface area contributed by atoms with Gasteiger partial charge < -0.3 is 15.0 Å². The summed E-state index contributed by atoms with van der Waals surface area (Å²) in [5, 5.41) is 11.4. The Balaban J connectivity index is 2.10. The first-order chi connectivity index (χ1) is 12.4. The lowest BCUT2D eigenvalue weighted by atomic mass is 10.2. The van der Waals surface area contributed by atoms with Crippen LogP contribution in [-0.4, -0.2) is 34.2 Å². The molecule has 1 heterocycles. The molecule has 2 N–H and O–H groups in total. The molecule has 0 aliphatic heterocycles. The number of esters is 1. The smallest absolute Gasteiger partial charge is 0.311 e. The van der Waals surface area contributed by atoms with Crippen LogP contribution < -0.4 is 10.9 Å². The average molecular weight is 372 g/mol. The van der Waals surface area contributed by atoms with E-state index in [1.54, 1.807) is 31.2 Å². The van der Waals surface area contributed by atoms with E-state index in [0.29, 0.717) is 11.3 Å². The second-order valence-corrected chi connectivity index (χ2v) is 6.53. The number of hydrogen-bond acceptors (Lipinski definition) is 7. The van der Waals surface area contributed by atoms with E-state index in [0.717, 1.165) is 11.8 Å². The number of para-hydroxylation sites is 1. The summed E-state index contributed by atoms with van der Waals surface area (Å²) in [5.74, 6) is -0.864. The van der Waals surface area contributed by atoms with Gasteiger partial charge in [0.15, 0.2) is 5.16 Å². The van der Waals surface area contributed by atoms with Crippen molar-refractivity contribution >= 4 is 29.3 Å². The molecule has 134 valence electrons. The number of anilines is 1. The Morgan fingerprint density at radius 2 is 2.15 bits per heavy atom. The number of nitrogens with zero attached hydrogens (tertiary/aromatic N) is 2. The van der Waals surface area contributed by atoms with E-state index >= 15 is 0 Å². The minimum atomic E-state index is -0.599. The zero-order valence-corrected chi connectivity index (χ0v) is 14.9. The molecule has 0 saturated heterocycles. The largest absolute Gasteiger partial charge is 0.469 e. The third kappa shape index (κ3) is 5.19. The van der Waals surface area contributed by atoms with E-state index in [-0.39, 0.29) is 23.2 Å². The molecule has 1 amide bonds. The SMILES string of the molecule is COC(=O)Cc1cc(=O)[nH]c(SC(C)C(=O)Nc2ccccc2C#N)n1. The van der Waals surface area contributed by atoms with Gasteiger partial charge in [0.1, 0.15) is 6.07 Å². The van der Waals surface area contributed by atoms with E-state index in [9.17, 15) is 14.4 Å². The molecule has 1 unspecified atom stereocenters. The first kappa shape index (κ1) is 19.2. The van der Waals surface area contributed by atoms with Gasteiger partial charge in [0.05, 0.1) is 35.7 Å². The second kappa shape index (κ2) is 8.82. The predicted molar refractivity (Wildman–Crippen MR) is 95.7 cm³/mol. The molecule has 26 heavy (non-hydrogen) atoms. The van der Waals surface area contributed by atoms with Crippen LogP contribution in [0.15, 0.2) is 40.3 Å². The van der Waals surface area contributed by atoms with Gasteiger partial charge in [0, 0.05) is 6.07 Å². The van der Waals surface area contributed by atoms with Crippen LogP contribution >= 0.6 is 11.8 Å². The number of benzene rings is 1. The van der Waals surface area contributed by atoms with Crippen molar-refractivity contribution in [2.75, 3.05) is 12.4 Å². The lowest BCUT2D eigenvalue weighted by molar-refractivity contribution is -0.139. The summed E-state index contributed by atoms with van der Waals surface area (Å²) in [6, 6.07) is 9.85. The summed E-state index contributed by atoms with van der Waals surface area (Å²) in [5.41, 5.74) is 0.590. The number of nitrogens with one attached hydrogen (secondary N) is 2. The number of carbonyl (C=O) groups excluding carboxylic acids is 2. The zero-order valence-electron chi connectivity index (χ0n) is 14.1. The van der Waals surface area contributed by atoms with E-state index in [1.807, 2.05) is 6.07 Å². The average Bonchev–Trinajstić information content (AvgIpc) is 2.61. The Bertz CT molecular complexity index is 919. The highest BCUT2D eigenvalue weighted by molar-refractivity contribution is 8.00. The Morgan fingerprint density at radius 3 is 2.85 bits per heavy atom. The number of aromatic amines is 1. The van der Waals surface area contributed by atoms with Crippen LogP contribution in [0.3, 0.4) is 0 Å². The van der Waals surface area contributed by atoms with Gasteiger partial charge >= 0.3 is 5.97 Å². The molecule has 0 aliphatic carbocycles. The minimum absolute atomic E-state index is 0.135. The molecule has 0 bridgehead atoms. The van der Waals surface area contributed by atoms with Crippen LogP contribution in [0.2, 0.25) is 0 Å². The molecule has 9 heteroatoms. The highest BCUT2D eigenvalue weighted by Gasteiger charge is 2.18. The van der Waals surface area contributed by atoms with Gasteiger partial charge in [-0.3, -0.25) is 14.4 Å². The summed E-state index contributed by atoms with van der Waals surface area (Å²) in [4.78, 5) is 42.1. The summed E-state index contributed by atoms with van der Waals surface area (Å²) < 4.78 is 4.55. The summed E-state index contributed by atoms with van der Waals surface area (Å²) in [6.07, 6.45) is -0.135. The van der Waals surface area contributed by atoms with Gasteiger partial charge in [-0.1, -0.05) is 23.9 Å². The van der Waals surface area contributed by atoms with Crippen LogP contribution in [0.4, 0.5) is 5.69 Å². The number of H-pyrrole nitrogens is 1. The molecule has 2 aromatic rings. The summed E-state index contributed by atoms with van der Waals surface area (Å²) in [7, 11) is 1.25. The lowest BCUT2D eigenvalue weighted by Crippen LogP contribution is -2.24. The van der Waals surface area contributed by atoms with Gasteiger partial charge in [0.25, 0.3) is 5.56 Å². The van der Waals surface area contributed by atoms with Gasteiger partial charge in [-0.15, -0.1) is 0 Å². The fraction of sp³-hybridized carbons (Fsp3) is 0.235. The first-order valence-electron chi connectivity index (χ1n) is 7.56. The Kier molecular flexibility index (Phi) is 6.52. The van der Waals surface area contributed by atoms with Crippen molar-refractivity contribution in [3.63, 3.8) is 0 Å². The molecule has 1 atom stereocenters. The highest BCUT2D eigenvalue weighted by Crippen LogP contribution is 2.21. The lowest BCUT2D eigenvalue weighted by Gasteiger charge is -2.12. The van der Waals surface area contributed by atoms with Crippen molar-refractivity contribution in [3.8, 4) is 6.07 Å². The Morgan fingerprint density at radius 1 is 1.42 bits per heavy atom. The Hall–Kier alpha value is -3.12. The van der Waals surface area contributed by atoms with Crippen molar-refractivity contribution in [2.24, 2.45) is 0 Å². The molecule has 0 fully saturated rings. The molecular formula is C17H16N4O4S. The maximum Gasteiger partial charge on any atom is 0.311 e. The number of rotatable bonds is 6. The number of amides is 1. The number of methoxy groups -OCH3 is 1. The number of aromatic nitrogens is 2. The van der Waals surface area contributed by atoms with Crippen LogP contribution in [-0.2, 0) is 20.7 Å². The standard InChI is InChI=1S/C17H16N4O4S/c1-10(16(24)20-13-6-4-3-5-11(13)9-18)26-17-19-12(7-14(22)21-17)8-15(23)25-2/h3-7,10H,8H2,1-2H3,(H,20,24)(H,19,21,22). The van der Waals surface area contributed by atoms with Gasteiger partial charge in [-0.05, 0) is 19.1 Å². The van der Waals surface area contributed by atoms with Gasteiger partial charge in [0.2, 0.25) is 5.91 Å². The predicted octanol–water partition coefficient (Wildman–Crippen LogP) is 1.48. The van der Waals surface area contributed by atoms with Crippen molar-refractivity contribution in [1.82, 2.24) is 9.97 Å². The third-order valence-corrected chi connectivity index (χ3v) is 4.27. The maximum atomic E-state index is 12.3. The fourth-order valence-electron chi connectivity index (χ4n) is 1.99. The summed E-state index contributed by atoms with van der Waals surface area (Å²) in [6.45, 7) is 1.64. The molecule has 0 spiro atoms. The molecule has 8 nitrogen and oxygen atoms in total. The van der Waals surface area contributed by atoms with Crippen molar-refractivity contribution < 1.29 is 14.3 Å². The first-order valence-corrected chi connectivity index (χ1v) is 8.44. The molecule has 0 aliphatic rings. The van der Waals surface area contributed by atoms with Crippen LogP contribution in [0.1, 0.15) is 18.2 Å². The molecule has 0 saturated carbocycles. The van der Waals surface area contributed by atoms with E-state index < -0.39 is 16.8 Å². The molecule has 0 radical (unpaired) electrons. The minimum Gasteiger partial charge on any atom is -0.469 e. The van der Waals surface area contributed by atoms with Crippen LogP contribution in [0.25, 0.3) is 0 Å². The van der Waals surface area contributed by atoms with Crippen molar-refractivity contribution in [2.45, 2.75) is 23.8 Å². The van der Waals surface area contributed by atoms with Crippen molar-refractivity contribution in [3.05, 3.63) is 51.9 Å². The summed E-state index contributed by atoms with van der Waals surface area (Å²) >= 11 is 1.03. The third-order valence-electron chi connectivity index (χ3n) is 3.29. The van der Waals surface area contributed by atoms with Crippen molar-refractivity contribution in [1.29, 1.82) is 5.26 Å². The quantitative estimate of drug-likeness (QED) is 0.447. The zero-order chi connectivity index (χ0) is 19.1. The fourth-order valence-corrected chi connectivity index (χ4v) is 2.83.